The Labute approximate surface area is 124 Å². The van der Waals surface area contributed by atoms with Crippen LogP contribution in [0, 0.1) is 5.41 Å². The number of carbonyl (C=O) groups excluding carboxylic acids is 1. The van der Waals surface area contributed by atoms with Crippen LogP contribution in [0.4, 0.5) is 0 Å². The Balaban J connectivity index is 1.95. The summed E-state index contributed by atoms with van der Waals surface area (Å²) in [6.45, 7) is 3.09. The van der Waals surface area contributed by atoms with Gasteiger partial charge in [-0.25, -0.2) is 0 Å². The van der Waals surface area contributed by atoms with Gasteiger partial charge < -0.3 is 9.47 Å². The van der Waals surface area contributed by atoms with Gasteiger partial charge in [0.25, 0.3) is 0 Å². The van der Waals surface area contributed by atoms with Crippen LogP contribution in [0.1, 0.15) is 49.4 Å². The van der Waals surface area contributed by atoms with Crippen LogP contribution in [0.2, 0.25) is 5.02 Å². The number of hydrogen-bond acceptors (Lipinski definition) is 3. The predicted octanol–water partition coefficient (Wildman–Crippen LogP) is 4.26. The molecule has 1 aliphatic heterocycles. The molecule has 0 spiro atoms. The number of fused-ring (bicyclic) bond motifs is 1. The lowest BCUT2D eigenvalue weighted by molar-refractivity contribution is 0.0748. The largest absolute Gasteiger partial charge is 0.486 e. The maximum Gasteiger partial charge on any atom is 0.170 e. The molecule has 20 heavy (non-hydrogen) atoms. The molecule has 1 aromatic carbocycles. The highest BCUT2D eigenvalue weighted by molar-refractivity contribution is 6.34. The van der Waals surface area contributed by atoms with E-state index in [2.05, 4.69) is 6.92 Å². The van der Waals surface area contributed by atoms with Crippen molar-refractivity contribution in [3.8, 4) is 11.5 Å². The van der Waals surface area contributed by atoms with Crippen molar-refractivity contribution in [1.29, 1.82) is 0 Å². The first-order chi connectivity index (χ1) is 9.60. The summed E-state index contributed by atoms with van der Waals surface area (Å²) in [6, 6.07) is 3.45. The number of hydrogen-bond donors (Lipinski definition) is 0. The van der Waals surface area contributed by atoms with E-state index >= 15 is 0 Å². The van der Waals surface area contributed by atoms with Gasteiger partial charge in [0.15, 0.2) is 17.3 Å². The van der Waals surface area contributed by atoms with Crippen molar-refractivity contribution in [2.45, 2.75) is 39.0 Å². The zero-order valence-corrected chi connectivity index (χ0v) is 12.5. The van der Waals surface area contributed by atoms with Crippen LogP contribution in [0.3, 0.4) is 0 Å². The van der Waals surface area contributed by atoms with E-state index in [0.29, 0.717) is 35.3 Å². The summed E-state index contributed by atoms with van der Waals surface area (Å²) in [5.74, 6) is 1.40. The van der Waals surface area contributed by atoms with Crippen LogP contribution >= 0.6 is 11.6 Å². The molecule has 1 heterocycles. The van der Waals surface area contributed by atoms with E-state index in [1.165, 1.54) is 6.42 Å². The molecule has 0 saturated heterocycles. The van der Waals surface area contributed by atoms with Gasteiger partial charge in [0.2, 0.25) is 0 Å². The number of halogens is 1. The van der Waals surface area contributed by atoms with Crippen molar-refractivity contribution in [2.24, 2.45) is 5.41 Å². The normalized spacial score (nSPS) is 20.5. The zero-order valence-electron chi connectivity index (χ0n) is 11.7. The lowest BCUT2D eigenvalue weighted by atomic mass is 9.71. The Morgan fingerprint density at radius 2 is 1.70 bits per heavy atom. The number of rotatable bonds is 2. The Hall–Kier alpha value is -1.22. The van der Waals surface area contributed by atoms with Gasteiger partial charge in [-0.3, -0.25) is 4.79 Å². The first-order valence-electron chi connectivity index (χ1n) is 7.24. The minimum atomic E-state index is -0.286. The quantitative estimate of drug-likeness (QED) is 0.764. The van der Waals surface area contributed by atoms with Gasteiger partial charge in [0.1, 0.15) is 13.2 Å². The van der Waals surface area contributed by atoms with Gasteiger partial charge >= 0.3 is 0 Å². The molecule has 1 aliphatic carbocycles. The summed E-state index contributed by atoms with van der Waals surface area (Å²) in [7, 11) is 0. The second-order valence-corrected chi connectivity index (χ2v) is 6.33. The summed E-state index contributed by atoms with van der Waals surface area (Å²) in [5, 5.41) is 0.464. The maximum absolute atomic E-state index is 12.8. The van der Waals surface area contributed by atoms with Crippen LogP contribution in [0.15, 0.2) is 12.1 Å². The molecule has 1 saturated carbocycles. The molecule has 0 radical (unpaired) electrons. The summed E-state index contributed by atoms with van der Waals surface area (Å²) in [6.07, 6.45) is 5.33. The molecular formula is C16H19ClO3. The number of ketones is 1. The maximum atomic E-state index is 12.8. The van der Waals surface area contributed by atoms with Crippen molar-refractivity contribution in [3.63, 3.8) is 0 Å². The smallest absolute Gasteiger partial charge is 0.170 e. The number of Topliss-reactive ketones (excluding diaryl/α,β-unsaturated/α-hetero) is 1. The Kier molecular flexibility index (Phi) is 3.63. The molecule has 0 bridgehead atoms. The number of benzene rings is 1. The first kappa shape index (κ1) is 13.7. The SMILES string of the molecule is CC1(C(=O)c2cc3c(cc2Cl)OCCO3)CCCCC1. The molecule has 108 valence electrons. The lowest BCUT2D eigenvalue weighted by Gasteiger charge is -2.32. The van der Waals surface area contributed by atoms with Crippen molar-refractivity contribution in [2.75, 3.05) is 13.2 Å². The fraction of sp³-hybridized carbons (Fsp3) is 0.562. The average molecular weight is 295 g/mol. The van der Waals surface area contributed by atoms with E-state index in [4.69, 9.17) is 21.1 Å². The van der Waals surface area contributed by atoms with E-state index in [0.717, 1.165) is 25.7 Å². The van der Waals surface area contributed by atoms with Crippen LogP contribution in [-0.4, -0.2) is 19.0 Å². The van der Waals surface area contributed by atoms with Gasteiger partial charge in [0.05, 0.1) is 5.02 Å². The van der Waals surface area contributed by atoms with Crippen LogP contribution in [0.25, 0.3) is 0 Å². The van der Waals surface area contributed by atoms with Gasteiger partial charge in [-0.05, 0) is 18.9 Å². The first-order valence-corrected chi connectivity index (χ1v) is 7.62. The Morgan fingerprint density at radius 1 is 1.10 bits per heavy atom. The second-order valence-electron chi connectivity index (χ2n) is 5.93. The molecule has 2 aliphatic rings. The third-order valence-corrected chi connectivity index (χ3v) is 4.69. The average Bonchev–Trinajstić information content (AvgIpc) is 2.46. The van der Waals surface area contributed by atoms with Crippen molar-refractivity contribution < 1.29 is 14.3 Å². The molecule has 1 fully saturated rings. The molecule has 0 unspecified atom stereocenters. The lowest BCUT2D eigenvalue weighted by Crippen LogP contribution is -2.30. The molecule has 0 aromatic heterocycles. The van der Waals surface area contributed by atoms with E-state index in [-0.39, 0.29) is 11.2 Å². The third kappa shape index (κ3) is 2.39. The summed E-state index contributed by atoms with van der Waals surface area (Å²) < 4.78 is 11.0. The minimum absolute atomic E-state index is 0.138. The summed E-state index contributed by atoms with van der Waals surface area (Å²) in [5.41, 5.74) is 0.284. The van der Waals surface area contributed by atoms with E-state index < -0.39 is 0 Å². The van der Waals surface area contributed by atoms with Crippen molar-refractivity contribution >= 4 is 17.4 Å². The minimum Gasteiger partial charge on any atom is -0.486 e. The number of ether oxygens (including phenoxy) is 2. The van der Waals surface area contributed by atoms with Crippen LogP contribution in [-0.2, 0) is 0 Å². The highest BCUT2D eigenvalue weighted by atomic mass is 35.5. The molecule has 3 nitrogen and oxygen atoms in total. The Bertz CT molecular complexity index is 533. The Morgan fingerprint density at radius 3 is 2.35 bits per heavy atom. The monoisotopic (exact) mass is 294 g/mol. The van der Waals surface area contributed by atoms with Gasteiger partial charge in [0, 0.05) is 17.0 Å². The highest BCUT2D eigenvalue weighted by Gasteiger charge is 2.36. The predicted molar refractivity (Wildman–Crippen MR) is 78.0 cm³/mol. The number of carbonyl (C=O) groups is 1. The fourth-order valence-electron chi connectivity index (χ4n) is 3.12. The molecule has 0 amide bonds. The summed E-state index contributed by atoms with van der Waals surface area (Å²) in [4.78, 5) is 12.8. The standard InChI is InChI=1S/C16H19ClO3/c1-16(5-3-2-4-6-16)15(18)11-9-13-14(10-12(11)17)20-8-7-19-13/h9-10H,2-8H2,1H3. The second kappa shape index (κ2) is 5.28. The molecule has 0 atom stereocenters. The topological polar surface area (TPSA) is 35.5 Å². The van der Waals surface area contributed by atoms with Crippen molar-refractivity contribution in [3.05, 3.63) is 22.7 Å². The van der Waals surface area contributed by atoms with Crippen LogP contribution < -0.4 is 9.47 Å². The molecule has 0 N–H and O–H groups in total. The van der Waals surface area contributed by atoms with E-state index in [1.54, 1.807) is 12.1 Å². The van der Waals surface area contributed by atoms with E-state index in [9.17, 15) is 4.79 Å². The highest BCUT2D eigenvalue weighted by Crippen LogP contribution is 2.42. The van der Waals surface area contributed by atoms with Gasteiger partial charge in [-0.2, -0.15) is 0 Å². The molecule has 1 aromatic rings. The van der Waals surface area contributed by atoms with Crippen molar-refractivity contribution in [1.82, 2.24) is 0 Å². The molecule has 4 heteroatoms. The zero-order chi connectivity index (χ0) is 14.2. The molecule has 3 rings (SSSR count). The van der Waals surface area contributed by atoms with E-state index in [1.807, 2.05) is 0 Å². The fourth-order valence-corrected chi connectivity index (χ4v) is 3.36. The van der Waals surface area contributed by atoms with Gasteiger partial charge in [-0.15, -0.1) is 0 Å². The van der Waals surface area contributed by atoms with Gasteiger partial charge in [-0.1, -0.05) is 37.8 Å². The molecular weight excluding hydrogens is 276 g/mol. The third-order valence-electron chi connectivity index (χ3n) is 4.38. The van der Waals surface area contributed by atoms with Crippen LogP contribution in [0.5, 0.6) is 11.5 Å². The summed E-state index contributed by atoms with van der Waals surface area (Å²) >= 11 is 6.28.